The Morgan fingerprint density at radius 3 is 1.37 bits per heavy atom. The van der Waals surface area contributed by atoms with Crippen LogP contribution in [0.4, 0.5) is 0 Å². The second kappa shape index (κ2) is 13.0. The first kappa shape index (κ1) is 34.6. The van der Waals surface area contributed by atoms with Crippen LogP contribution in [0.5, 0.6) is 0 Å². The molecule has 14 rings (SSSR count). The highest BCUT2D eigenvalue weighted by Crippen LogP contribution is 2.64. The predicted octanol–water partition coefficient (Wildman–Crippen LogP) is 16.8. The van der Waals surface area contributed by atoms with Gasteiger partial charge in [0.2, 0.25) is 0 Å². The van der Waals surface area contributed by atoms with Crippen LogP contribution in [0.3, 0.4) is 0 Å². The van der Waals surface area contributed by atoms with Crippen LogP contribution in [0.25, 0.3) is 109 Å². The van der Waals surface area contributed by atoms with Gasteiger partial charge in [0.05, 0.1) is 5.41 Å². The zero-order chi connectivity index (χ0) is 41.2. The van der Waals surface area contributed by atoms with Crippen molar-refractivity contribution < 1.29 is 0 Å². The molecule has 0 aromatic heterocycles. The molecule has 0 saturated carbocycles. The molecule has 2 aliphatic carbocycles. The molecule has 0 radical (unpaired) electrons. The Labute approximate surface area is 366 Å². The maximum Gasteiger partial charge on any atom is 0.0731 e. The summed E-state index contributed by atoms with van der Waals surface area (Å²) < 4.78 is 0. The van der Waals surface area contributed by atoms with Gasteiger partial charge in [0.15, 0.2) is 0 Å². The SMILES string of the molecule is c1ccc2c(c1)-c1ccccc1C21c2cc3cc(-c4c5ccccc5c(-c5ccc(-c6cccc7ccccc67)cc5)c5ccccc45)ccc3cc2-c2ccc3ccccc3c21. The summed E-state index contributed by atoms with van der Waals surface area (Å²) in [5, 5.41) is 12.7. The maximum atomic E-state index is 2.54. The number of hydrogen-bond donors (Lipinski definition) is 0. The van der Waals surface area contributed by atoms with Gasteiger partial charge in [0, 0.05) is 0 Å². The average molecular weight is 795 g/mol. The van der Waals surface area contributed by atoms with Crippen LogP contribution >= 0.6 is 0 Å². The van der Waals surface area contributed by atoms with Crippen molar-refractivity contribution in [3.05, 3.63) is 253 Å². The van der Waals surface area contributed by atoms with E-state index >= 15 is 0 Å². The van der Waals surface area contributed by atoms with Gasteiger partial charge in [-0.1, -0.05) is 212 Å². The molecule has 1 spiro atoms. The van der Waals surface area contributed by atoms with Gasteiger partial charge in [-0.15, -0.1) is 0 Å². The topological polar surface area (TPSA) is 0 Å². The Bertz CT molecular complexity index is 3790. The molecule has 0 atom stereocenters. The summed E-state index contributed by atoms with van der Waals surface area (Å²) in [6, 6.07) is 86.7. The van der Waals surface area contributed by atoms with Gasteiger partial charge in [-0.3, -0.25) is 0 Å². The van der Waals surface area contributed by atoms with E-state index in [4.69, 9.17) is 0 Å². The van der Waals surface area contributed by atoms with Crippen molar-refractivity contribution in [2.45, 2.75) is 5.41 Å². The summed E-state index contributed by atoms with van der Waals surface area (Å²) in [6.45, 7) is 0. The summed E-state index contributed by atoms with van der Waals surface area (Å²) in [4.78, 5) is 0. The van der Waals surface area contributed by atoms with E-state index in [9.17, 15) is 0 Å². The fraction of sp³-hybridized carbons (Fsp3) is 0.0159. The van der Waals surface area contributed by atoms with Crippen LogP contribution in [-0.2, 0) is 5.41 Å². The summed E-state index contributed by atoms with van der Waals surface area (Å²) in [6.07, 6.45) is 0. The van der Waals surface area contributed by atoms with Crippen LogP contribution in [-0.4, -0.2) is 0 Å². The van der Waals surface area contributed by atoms with E-state index < -0.39 is 5.41 Å². The molecule has 0 heterocycles. The maximum absolute atomic E-state index is 2.54. The van der Waals surface area contributed by atoms with Crippen molar-refractivity contribution in [2.24, 2.45) is 0 Å². The zero-order valence-corrected chi connectivity index (χ0v) is 34.4. The van der Waals surface area contributed by atoms with E-state index in [0.717, 1.165) is 0 Å². The monoisotopic (exact) mass is 794 g/mol. The molecular weight excluding hydrogens is 757 g/mol. The molecule has 290 valence electrons. The third-order valence-corrected chi connectivity index (χ3v) is 14.4. The van der Waals surface area contributed by atoms with Crippen molar-refractivity contribution in [3.63, 3.8) is 0 Å². The fourth-order valence-corrected chi connectivity index (χ4v) is 11.9. The largest absolute Gasteiger partial charge is 0.0731 e. The molecule has 63 heavy (non-hydrogen) atoms. The lowest BCUT2D eigenvalue weighted by molar-refractivity contribution is 0.802. The first-order chi connectivity index (χ1) is 31.3. The van der Waals surface area contributed by atoms with Crippen LogP contribution < -0.4 is 0 Å². The summed E-state index contributed by atoms with van der Waals surface area (Å²) in [5.41, 5.74) is 17.9. The lowest BCUT2D eigenvalue weighted by atomic mass is 9.69. The van der Waals surface area contributed by atoms with Crippen LogP contribution in [0, 0.1) is 0 Å². The Balaban J connectivity index is 0.989. The van der Waals surface area contributed by atoms with Gasteiger partial charge >= 0.3 is 0 Å². The summed E-state index contributed by atoms with van der Waals surface area (Å²) >= 11 is 0. The first-order valence-corrected chi connectivity index (χ1v) is 22.1. The van der Waals surface area contributed by atoms with E-state index in [-0.39, 0.29) is 0 Å². The zero-order valence-electron chi connectivity index (χ0n) is 34.4. The quantitative estimate of drug-likeness (QED) is 0.156. The predicted molar refractivity (Wildman–Crippen MR) is 267 cm³/mol. The summed E-state index contributed by atoms with van der Waals surface area (Å²) in [7, 11) is 0. The molecule has 0 heteroatoms. The van der Waals surface area contributed by atoms with Gasteiger partial charge in [-0.2, -0.15) is 0 Å². The van der Waals surface area contributed by atoms with Crippen molar-refractivity contribution >= 4 is 53.9 Å². The normalized spacial score (nSPS) is 13.2. The standard InChI is InChI=1S/C63H38/c1-3-17-46-39(14-1)16-13-25-47(46)41-28-30-42(31-29-41)60-51-21-5-7-23-53(51)61(54-24-8-6-22-52(54)60)44-33-32-43-37-56-55-35-34-40-15-2-4-18-48(40)62(55)63(59(56)38-45(43)36-44)57-26-11-9-19-49(57)50-20-10-12-27-58(50)63/h1-38H. The van der Waals surface area contributed by atoms with E-state index in [1.807, 2.05) is 0 Å². The lowest BCUT2D eigenvalue weighted by Crippen LogP contribution is -2.26. The van der Waals surface area contributed by atoms with Gasteiger partial charge in [-0.05, 0) is 150 Å². The van der Waals surface area contributed by atoms with E-state index in [0.29, 0.717) is 0 Å². The Morgan fingerprint density at radius 2 is 0.698 bits per heavy atom. The Kier molecular flexibility index (Phi) is 7.13. The van der Waals surface area contributed by atoms with E-state index in [2.05, 4.69) is 231 Å². The van der Waals surface area contributed by atoms with E-state index in [1.54, 1.807) is 0 Å². The number of hydrogen-bond acceptors (Lipinski definition) is 0. The molecule has 0 amide bonds. The summed E-state index contributed by atoms with van der Waals surface area (Å²) in [5.74, 6) is 0. The van der Waals surface area contributed by atoms with E-state index in [1.165, 1.54) is 132 Å². The van der Waals surface area contributed by atoms with Gasteiger partial charge in [0.1, 0.15) is 0 Å². The van der Waals surface area contributed by atoms with Crippen LogP contribution in [0.15, 0.2) is 231 Å². The minimum absolute atomic E-state index is 0.437. The molecule has 12 aromatic rings. The third-order valence-electron chi connectivity index (χ3n) is 14.4. The minimum atomic E-state index is -0.437. The number of rotatable bonds is 3. The first-order valence-electron chi connectivity index (χ1n) is 22.1. The molecule has 0 fully saturated rings. The highest BCUT2D eigenvalue weighted by atomic mass is 14.5. The molecule has 12 aromatic carbocycles. The van der Waals surface area contributed by atoms with Crippen LogP contribution in [0.2, 0.25) is 0 Å². The molecule has 0 aliphatic heterocycles. The number of fused-ring (bicyclic) bond motifs is 16. The Morgan fingerprint density at radius 1 is 0.222 bits per heavy atom. The molecule has 0 bridgehead atoms. The van der Waals surface area contributed by atoms with Gasteiger partial charge < -0.3 is 0 Å². The fourth-order valence-electron chi connectivity index (χ4n) is 11.9. The number of benzene rings is 12. The minimum Gasteiger partial charge on any atom is -0.0619 e. The van der Waals surface area contributed by atoms with Crippen molar-refractivity contribution in [3.8, 4) is 55.6 Å². The smallest absolute Gasteiger partial charge is 0.0619 e. The molecule has 0 N–H and O–H groups in total. The van der Waals surface area contributed by atoms with Crippen molar-refractivity contribution in [1.82, 2.24) is 0 Å². The third kappa shape index (κ3) is 4.70. The highest BCUT2D eigenvalue weighted by molar-refractivity contribution is 6.22. The second-order valence-corrected chi connectivity index (χ2v) is 17.5. The lowest BCUT2D eigenvalue weighted by Gasteiger charge is -2.31. The van der Waals surface area contributed by atoms with Crippen molar-refractivity contribution in [1.29, 1.82) is 0 Å². The van der Waals surface area contributed by atoms with Gasteiger partial charge in [-0.25, -0.2) is 0 Å². The molecule has 0 unspecified atom stereocenters. The van der Waals surface area contributed by atoms with Gasteiger partial charge in [0.25, 0.3) is 0 Å². The highest BCUT2D eigenvalue weighted by Gasteiger charge is 2.52. The van der Waals surface area contributed by atoms with Crippen LogP contribution in [0.1, 0.15) is 22.3 Å². The molecule has 2 aliphatic rings. The Hall–Kier alpha value is -8.06. The van der Waals surface area contributed by atoms with Crippen molar-refractivity contribution in [2.75, 3.05) is 0 Å². The molecule has 0 saturated heterocycles. The second-order valence-electron chi connectivity index (χ2n) is 17.5. The molecular formula is C63H38. The average Bonchev–Trinajstić information content (AvgIpc) is 3.81. The molecule has 0 nitrogen and oxygen atoms in total.